The van der Waals surface area contributed by atoms with Crippen LogP contribution in [-0.4, -0.2) is 25.0 Å². The number of carboxylic acids is 1. The van der Waals surface area contributed by atoms with Gasteiger partial charge in [0.15, 0.2) is 0 Å². The highest BCUT2D eigenvalue weighted by molar-refractivity contribution is 7.91. The van der Waals surface area contributed by atoms with Gasteiger partial charge in [0.2, 0.25) is 0 Å². The molecular weight excluding hydrogens is 286 g/mol. The summed E-state index contributed by atoms with van der Waals surface area (Å²) in [5.74, 6) is -1.10. The van der Waals surface area contributed by atoms with Gasteiger partial charge in [-0.1, -0.05) is 13.8 Å². The largest absolute Gasteiger partial charge is 0.477 e. The normalized spacial score (nSPS) is 12.6. The molecule has 0 saturated carbocycles. The lowest BCUT2D eigenvalue weighted by Gasteiger charge is -2.27. The van der Waals surface area contributed by atoms with Crippen LogP contribution in [0.25, 0.3) is 0 Å². The standard InChI is InChI=1S/C12H19NO4S2/c1-5-12(4,6-2)13-19(16,17)9-7-8(3)10(18-9)11(14)15/h7,13H,5-6H2,1-4H3,(H,14,15). The van der Waals surface area contributed by atoms with E-state index in [2.05, 4.69) is 4.72 Å². The van der Waals surface area contributed by atoms with Crippen LogP contribution < -0.4 is 4.72 Å². The zero-order valence-electron chi connectivity index (χ0n) is 11.5. The van der Waals surface area contributed by atoms with Crippen molar-refractivity contribution in [1.29, 1.82) is 0 Å². The van der Waals surface area contributed by atoms with Crippen molar-refractivity contribution in [3.63, 3.8) is 0 Å². The quantitative estimate of drug-likeness (QED) is 0.846. The van der Waals surface area contributed by atoms with E-state index < -0.39 is 21.5 Å². The Morgan fingerprint density at radius 2 is 1.95 bits per heavy atom. The van der Waals surface area contributed by atoms with Gasteiger partial charge in [0.1, 0.15) is 9.09 Å². The predicted molar refractivity (Wildman–Crippen MR) is 75.3 cm³/mol. The fraction of sp³-hybridized carbons (Fsp3) is 0.583. The molecule has 0 atom stereocenters. The number of hydrogen-bond acceptors (Lipinski definition) is 4. The van der Waals surface area contributed by atoms with Crippen molar-refractivity contribution in [3.8, 4) is 0 Å². The first-order valence-electron chi connectivity index (χ1n) is 6.03. The van der Waals surface area contributed by atoms with Crippen LogP contribution >= 0.6 is 11.3 Å². The molecule has 7 heteroatoms. The first-order valence-corrected chi connectivity index (χ1v) is 8.33. The van der Waals surface area contributed by atoms with Gasteiger partial charge in [-0.05, 0) is 38.3 Å². The Morgan fingerprint density at radius 3 is 2.32 bits per heavy atom. The van der Waals surface area contributed by atoms with Crippen molar-refractivity contribution in [2.24, 2.45) is 0 Å². The van der Waals surface area contributed by atoms with E-state index >= 15 is 0 Å². The lowest BCUT2D eigenvalue weighted by molar-refractivity contribution is 0.0701. The minimum atomic E-state index is -3.67. The first-order chi connectivity index (χ1) is 8.65. The first kappa shape index (κ1) is 16.1. The summed E-state index contributed by atoms with van der Waals surface area (Å²) in [5, 5.41) is 8.96. The highest BCUT2D eigenvalue weighted by Crippen LogP contribution is 2.27. The molecule has 1 heterocycles. The van der Waals surface area contributed by atoms with Crippen LogP contribution in [0.2, 0.25) is 0 Å². The summed E-state index contributed by atoms with van der Waals surface area (Å²) < 4.78 is 27.2. The van der Waals surface area contributed by atoms with Crippen LogP contribution in [0.3, 0.4) is 0 Å². The Balaban J connectivity index is 3.15. The Bertz CT molecular complexity index is 571. The Labute approximate surface area is 117 Å². The fourth-order valence-corrected chi connectivity index (χ4v) is 4.49. The van der Waals surface area contributed by atoms with Gasteiger partial charge in [-0.2, -0.15) is 0 Å². The Morgan fingerprint density at radius 1 is 1.42 bits per heavy atom. The molecule has 1 aromatic heterocycles. The third kappa shape index (κ3) is 3.55. The van der Waals surface area contributed by atoms with E-state index in [9.17, 15) is 13.2 Å². The summed E-state index contributed by atoms with van der Waals surface area (Å²) in [6.45, 7) is 7.25. The summed E-state index contributed by atoms with van der Waals surface area (Å²) in [6, 6.07) is 1.40. The van der Waals surface area contributed by atoms with Gasteiger partial charge >= 0.3 is 5.97 Å². The number of carboxylic acid groups (broad SMARTS) is 1. The minimum Gasteiger partial charge on any atom is -0.477 e. The monoisotopic (exact) mass is 305 g/mol. The number of aromatic carboxylic acids is 1. The third-order valence-corrected chi connectivity index (χ3v) is 6.63. The lowest BCUT2D eigenvalue weighted by Crippen LogP contribution is -2.44. The SMILES string of the molecule is CCC(C)(CC)NS(=O)(=O)c1cc(C)c(C(=O)O)s1. The number of nitrogens with one attached hydrogen (secondary N) is 1. The molecule has 0 unspecified atom stereocenters. The molecule has 5 nitrogen and oxygen atoms in total. The second-order valence-electron chi connectivity index (χ2n) is 4.76. The summed E-state index contributed by atoms with van der Waals surface area (Å²) in [6.07, 6.45) is 1.33. The molecule has 0 saturated heterocycles. The van der Waals surface area contributed by atoms with Crippen molar-refractivity contribution < 1.29 is 18.3 Å². The number of carbonyl (C=O) groups is 1. The maximum absolute atomic E-state index is 12.3. The summed E-state index contributed by atoms with van der Waals surface area (Å²) in [4.78, 5) is 11.0. The Hall–Kier alpha value is -0.920. The summed E-state index contributed by atoms with van der Waals surface area (Å²) >= 11 is 0.786. The maximum atomic E-state index is 12.3. The molecule has 1 rings (SSSR count). The van der Waals surface area contributed by atoms with E-state index in [1.807, 2.05) is 20.8 Å². The molecule has 0 aliphatic heterocycles. The zero-order chi connectivity index (χ0) is 14.8. The van der Waals surface area contributed by atoms with Gasteiger partial charge in [0, 0.05) is 5.54 Å². The molecule has 0 bridgehead atoms. The highest BCUT2D eigenvalue weighted by Gasteiger charge is 2.29. The third-order valence-electron chi connectivity index (χ3n) is 3.30. The fourth-order valence-electron chi connectivity index (χ4n) is 1.57. The van der Waals surface area contributed by atoms with E-state index in [1.165, 1.54) is 6.07 Å². The average molecular weight is 305 g/mol. The van der Waals surface area contributed by atoms with E-state index in [0.717, 1.165) is 11.3 Å². The van der Waals surface area contributed by atoms with Crippen LogP contribution in [0.4, 0.5) is 0 Å². The molecule has 108 valence electrons. The zero-order valence-corrected chi connectivity index (χ0v) is 13.1. The van der Waals surface area contributed by atoms with E-state index in [-0.39, 0.29) is 9.09 Å². The summed E-state index contributed by atoms with van der Waals surface area (Å²) in [7, 11) is -3.67. The van der Waals surface area contributed by atoms with Crippen LogP contribution in [0, 0.1) is 6.92 Å². The second kappa shape index (κ2) is 5.60. The van der Waals surface area contributed by atoms with Crippen molar-refractivity contribution in [2.45, 2.75) is 50.3 Å². The molecule has 0 radical (unpaired) electrons. The second-order valence-corrected chi connectivity index (χ2v) is 7.72. The Kier molecular flexibility index (Phi) is 4.76. The van der Waals surface area contributed by atoms with E-state index in [4.69, 9.17) is 5.11 Å². The number of aryl methyl sites for hydroxylation is 1. The van der Waals surface area contributed by atoms with Gasteiger partial charge in [-0.3, -0.25) is 0 Å². The van der Waals surface area contributed by atoms with Crippen molar-refractivity contribution >= 4 is 27.3 Å². The molecule has 0 aliphatic carbocycles. The molecule has 0 aromatic carbocycles. The number of hydrogen-bond donors (Lipinski definition) is 2. The van der Waals surface area contributed by atoms with Crippen LogP contribution in [0.1, 0.15) is 48.8 Å². The molecule has 19 heavy (non-hydrogen) atoms. The van der Waals surface area contributed by atoms with Crippen molar-refractivity contribution in [2.75, 3.05) is 0 Å². The van der Waals surface area contributed by atoms with E-state index in [0.29, 0.717) is 18.4 Å². The van der Waals surface area contributed by atoms with Crippen LogP contribution in [-0.2, 0) is 10.0 Å². The topological polar surface area (TPSA) is 83.5 Å². The number of rotatable bonds is 6. The van der Waals surface area contributed by atoms with Crippen molar-refractivity contribution in [3.05, 3.63) is 16.5 Å². The molecule has 2 N–H and O–H groups in total. The lowest BCUT2D eigenvalue weighted by atomic mass is 9.98. The molecular formula is C12H19NO4S2. The van der Waals surface area contributed by atoms with Crippen molar-refractivity contribution in [1.82, 2.24) is 4.72 Å². The average Bonchev–Trinajstić information content (AvgIpc) is 2.71. The van der Waals surface area contributed by atoms with E-state index in [1.54, 1.807) is 6.92 Å². The van der Waals surface area contributed by atoms with Gasteiger partial charge in [0.05, 0.1) is 0 Å². The predicted octanol–water partition coefficient (Wildman–Crippen LogP) is 2.61. The number of sulfonamides is 1. The maximum Gasteiger partial charge on any atom is 0.346 e. The van der Waals surface area contributed by atoms with Gasteiger partial charge in [-0.25, -0.2) is 17.9 Å². The van der Waals surface area contributed by atoms with Crippen LogP contribution in [0.15, 0.2) is 10.3 Å². The number of thiophene rings is 1. The molecule has 0 fully saturated rings. The molecule has 1 aromatic rings. The molecule has 0 aliphatic rings. The van der Waals surface area contributed by atoms with Gasteiger partial charge in [-0.15, -0.1) is 11.3 Å². The van der Waals surface area contributed by atoms with Gasteiger partial charge < -0.3 is 5.11 Å². The molecule has 0 spiro atoms. The molecule has 0 amide bonds. The highest BCUT2D eigenvalue weighted by atomic mass is 32.2. The summed E-state index contributed by atoms with van der Waals surface area (Å²) in [5.41, 5.74) is -0.0484. The smallest absolute Gasteiger partial charge is 0.346 e. The van der Waals surface area contributed by atoms with Crippen LogP contribution in [0.5, 0.6) is 0 Å². The minimum absolute atomic E-state index is 0.0514. The van der Waals surface area contributed by atoms with Gasteiger partial charge in [0.25, 0.3) is 10.0 Å².